The van der Waals surface area contributed by atoms with Gasteiger partial charge in [-0.1, -0.05) is 19.9 Å². The summed E-state index contributed by atoms with van der Waals surface area (Å²) in [7, 11) is -3.32. The van der Waals surface area contributed by atoms with Gasteiger partial charge in [-0.05, 0) is 23.8 Å². The number of sulfonamides is 1. The van der Waals surface area contributed by atoms with Crippen molar-refractivity contribution in [3.05, 3.63) is 22.4 Å². The lowest BCUT2D eigenvalue weighted by Crippen LogP contribution is -2.48. The van der Waals surface area contributed by atoms with Gasteiger partial charge < -0.3 is 10.2 Å². The van der Waals surface area contributed by atoms with Gasteiger partial charge in [0, 0.05) is 39.3 Å². The van der Waals surface area contributed by atoms with E-state index in [4.69, 9.17) is 0 Å². The van der Waals surface area contributed by atoms with E-state index in [0.717, 1.165) is 6.42 Å². The van der Waals surface area contributed by atoms with Crippen LogP contribution in [0.25, 0.3) is 0 Å². The van der Waals surface area contributed by atoms with E-state index in [9.17, 15) is 13.2 Å². The van der Waals surface area contributed by atoms with Crippen LogP contribution in [0.15, 0.2) is 17.5 Å². The first-order valence-electron chi connectivity index (χ1n) is 8.41. The first-order valence-corrected chi connectivity index (χ1v) is 10.9. The summed E-state index contributed by atoms with van der Waals surface area (Å²) in [6.45, 7) is 7.42. The lowest BCUT2D eigenvalue weighted by molar-refractivity contribution is 0.0763. The molecule has 24 heavy (non-hydrogen) atoms. The van der Waals surface area contributed by atoms with E-state index in [1.54, 1.807) is 11.0 Å². The van der Waals surface area contributed by atoms with Crippen LogP contribution in [-0.2, 0) is 10.0 Å². The number of nitrogens with one attached hydrogen (secondary N) is 1. The standard InChI is InChI=1S/C16H27N3O3S2/c1-14(2)5-8-18(16(20)15-4-3-12-23-15)11-13-24(21,22)19-9-6-17-7-10-19/h3-4,12,14,17H,5-11,13H2,1-2H3. The van der Waals surface area contributed by atoms with Crippen molar-refractivity contribution in [2.45, 2.75) is 20.3 Å². The van der Waals surface area contributed by atoms with Crippen molar-refractivity contribution in [3.8, 4) is 0 Å². The Balaban J connectivity index is 2.00. The third-order valence-corrected chi connectivity index (χ3v) is 6.79. The van der Waals surface area contributed by atoms with Crippen molar-refractivity contribution in [2.24, 2.45) is 5.92 Å². The van der Waals surface area contributed by atoms with Gasteiger partial charge in [-0.2, -0.15) is 4.31 Å². The summed E-state index contributed by atoms with van der Waals surface area (Å²) < 4.78 is 26.5. The van der Waals surface area contributed by atoms with Gasteiger partial charge in [-0.25, -0.2) is 8.42 Å². The molecular weight excluding hydrogens is 346 g/mol. The highest BCUT2D eigenvalue weighted by atomic mass is 32.2. The minimum atomic E-state index is -3.32. The smallest absolute Gasteiger partial charge is 0.263 e. The number of thiophene rings is 1. The fourth-order valence-corrected chi connectivity index (χ4v) is 4.70. The lowest BCUT2D eigenvalue weighted by atomic mass is 10.1. The Morgan fingerprint density at radius 2 is 2.04 bits per heavy atom. The topological polar surface area (TPSA) is 69.7 Å². The highest BCUT2D eigenvalue weighted by Crippen LogP contribution is 2.14. The number of nitrogens with zero attached hydrogens (tertiary/aromatic N) is 2. The minimum Gasteiger partial charge on any atom is -0.337 e. The molecule has 1 saturated heterocycles. The lowest BCUT2D eigenvalue weighted by Gasteiger charge is -2.28. The maximum Gasteiger partial charge on any atom is 0.263 e. The molecule has 0 saturated carbocycles. The van der Waals surface area contributed by atoms with E-state index in [1.165, 1.54) is 15.6 Å². The molecule has 0 bridgehead atoms. The molecule has 1 N–H and O–H groups in total. The van der Waals surface area contributed by atoms with Gasteiger partial charge in [0.25, 0.3) is 5.91 Å². The van der Waals surface area contributed by atoms with Crippen LogP contribution in [0.1, 0.15) is 29.9 Å². The van der Waals surface area contributed by atoms with Crippen molar-refractivity contribution < 1.29 is 13.2 Å². The molecule has 1 aliphatic heterocycles. The predicted octanol–water partition coefficient (Wildman–Crippen LogP) is 1.47. The Labute approximate surface area is 148 Å². The second-order valence-electron chi connectivity index (χ2n) is 6.42. The molecule has 0 spiro atoms. The quantitative estimate of drug-likeness (QED) is 0.749. The fourth-order valence-electron chi connectivity index (χ4n) is 2.56. The molecule has 0 aliphatic carbocycles. The van der Waals surface area contributed by atoms with Gasteiger partial charge in [0.1, 0.15) is 0 Å². The number of amides is 1. The van der Waals surface area contributed by atoms with E-state index >= 15 is 0 Å². The van der Waals surface area contributed by atoms with E-state index in [-0.39, 0.29) is 18.2 Å². The summed E-state index contributed by atoms with van der Waals surface area (Å²) in [6, 6.07) is 3.64. The second kappa shape index (κ2) is 8.94. The van der Waals surface area contributed by atoms with Crippen molar-refractivity contribution in [1.29, 1.82) is 0 Å². The predicted molar refractivity (Wildman–Crippen MR) is 97.9 cm³/mol. The van der Waals surface area contributed by atoms with Crippen LogP contribution in [0.2, 0.25) is 0 Å². The zero-order chi connectivity index (χ0) is 17.6. The molecule has 2 rings (SSSR count). The summed E-state index contributed by atoms with van der Waals surface area (Å²) in [5.74, 6) is 0.386. The van der Waals surface area contributed by atoms with E-state index in [0.29, 0.717) is 43.5 Å². The maximum absolute atomic E-state index is 12.6. The van der Waals surface area contributed by atoms with Crippen molar-refractivity contribution in [2.75, 3.05) is 45.0 Å². The Morgan fingerprint density at radius 3 is 2.62 bits per heavy atom. The first kappa shape index (κ1) is 19.4. The summed E-state index contributed by atoms with van der Waals surface area (Å²) in [6.07, 6.45) is 0.866. The van der Waals surface area contributed by atoms with Crippen LogP contribution in [0.4, 0.5) is 0 Å². The molecule has 0 radical (unpaired) electrons. The normalized spacial score (nSPS) is 16.5. The fraction of sp³-hybridized carbons (Fsp3) is 0.688. The Morgan fingerprint density at radius 1 is 1.33 bits per heavy atom. The zero-order valence-corrected chi connectivity index (χ0v) is 16.0. The maximum atomic E-state index is 12.6. The van der Waals surface area contributed by atoms with Crippen LogP contribution in [-0.4, -0.2) is 68.6 Å². The van der Waals surface area contributed by atoms with Gasteiger partial charge in [0.2, 0.25) is 10.0 Å². The van der Waals surface area contributed by atoms with Crippen molar-refractivity contribution in [1.82, 2.24) is 14.5 Å². The third-order valence-electron chi connectivity index (χ3n) is 4.08. The van der Waals surface area contributed by atoms with Crippen molar-refractivity contribution in [3.63, 3.8) is 0 Å². The summed E-state index contributed by atoms with van der Waals surface area (Å²) >= 11 is 1.40. The average Bonchev–Trinajstić information content (AvgIpc) is 3.09. The van der Waals surface area contributed by atoms with Gasteiger partial charge in [0.15, 0.2) is 0 Å². The van der Waals surface area contributed by atoms with Crippen LogP contribution in [0, 0.1) is 5.92 Å². The number of piperazine rings is 1. The highest BCUT2D eigenvalue weighted by Gasteiger charge is 2.26. The highest BCUT2D eigenvalue weighted by molar-refractivity contribution is 7.89. The summed E-state index contributed by atoms with van der Waals surface area (Å²) in [4.78, 5) is 15.0. The number of hydrogen-bond donors (Lipinski definition) is 1. The zero-order valence-electron chi connectivity index (χ0n) is 14.4. The van der Waals surface area contributed by atoms with Gasteiger partial charge >= 0.3 is 0 Å². The third kappa shape index (κ3) is 5.54. The molecule has 1 aromatic rings. The van der Waals surface area contributed by atoms with Gasteiger partial charge in [-0.15, -0.1) is 11.3 Å². The molecule has 1 amide bonds. The molecule has 0 unspecified atom stereocenters. The molecule has 2 heterocycles. The number of hydrogen-bond acceptors (Lipinski definition) is 5. The minimum absolute atomic E-state index is 0.0117. The first-order chi connectivity index (χ1) is 11.4. The van der Waals surface area contributed by atoms with Crippen LogP contribution >= 0.6 is 11.3 Å². The van der Waals surface area contributed by atoms with E-state index in [2.05, 4.69) is 19.2 Å². The number of carbonyl (C=O) groups excluding carboxylic acids is 1. The van der Waals surface area contributed by atoms with Crippen LogP contribution < -0.4 is 5.32 Å². The molecule has 1 aliphatic rings. The van der Waals surface area contributed by atoms with E-state index in [1.807, 2.05) is 11.4 Å². The number of rotatable bonds is 8. The molecule has 1 fully saturated rings. The Kier molecular flexibility index (Phi) is 7.21. The van der Waals surface area contributed by atoms with Crippen LogP contribution in [0.5, 0.6) is 0 Å². The van der Waals surface area contributed by atoms with E-state index < -0.39 is 10.0 Å². The average molecular weight is 374 g/mol. The second-order valence-corrected chi connectivity index (χ2v) is 9.45. The van der Waals surface area contributed by atoms with Gasteiger partial charge in [-0.3, -0.25) is 4.79 Å². The Bertz CT molecular complexity index is 609. The molecule has 136 valence electrons. The number of carbonyl (C=O) groups is 1. The molecular formula is C16H27N3O3S2. The largest absolute Gasteiger partial charge is 0.337 e. The summed E-state index contributed by atoms with van der Waals surface area (Å²) in [5.41, 5.74) is 0. The molecule has 1 aromatic heterocycles. The van der Waals surface area contributed by atoms with Crippen molar-refractivity contribution >= 4 is 27.3 Å². The monoisotopic (exact) mass is 373 g/mol. The molecule has 0 aromatic carbocycles. The Hall–Kier alpha value is -0.960. The molecule has 0 atom stereocenters. The SMILES string of the molecule is CC(C)CCN(CCS(=O)(=O)N1CCNCC1)C(=O)c1cccs1. The summed E-state index contributed by atoms with van der Waals surface area (Å²) in [5, 5.41) is 5.02. The van der Waals surface area contributed by atoms with Gasteiger partial charge in [0.05, 0.1) is 10.6 Å². The van der Waals surface area contributed by atoms with Crippen LogP contribution in [0.3, 0.4) is 0 Å². The molecule has 6 nitrogen and oxygen atoms in total. The molecule has 8 heteroatoms.